The standard InChI is InChI=1S/C21H29N3O2/c1-15-20(16(2)23(3)22-15)21(25)24-13-11-18(12-14-24)6-5-17-7-9-19(26-4)10-8-17/h7-10,18H,5-6,11-14H2,1-4H3. The third-order valence-corrected chi connectivity index (χ3v) is 5.62. The van der Waals surface area contributed by atoms with Gasteiger partial charge in [0.2, 0.25) is 0 Å². The Morgan fingerprint density at radius 3 is 2.38 bits per heavy atom. The fraction of sp³-hybridized carbons (Fsp3) is 0.524. The summed E-state index contributed by atoms with van der Waals surface area (Å²) < 4.78 is 7.00. The number of likely N-dealkylation sites (tertiary alicyclic amines) is 1. The van der Waals surface area contributed by atoms with Gasteiger partial charge in [-0.15, -0.1) is 0 Å². The van der Waals surface area contributed by atoms with E-state index in [0.29, 0.717) is 5.92 Å². The molecule has 0 atom stereocenters. The number of piperidine rings is 1. The minimum absolute atomic E-state index is 0.140. The summed E-state index contributed by atoms with van der Waals surface area (Å²) in [6, 6.07) is 8.33. The van der Waals surface area contributed by atoms with E-state index in [9.17, 15) is 4.79 Å². The van der Waals surface area contributed by atoms with Crippen LogP contribution in [0.3, 0.4) is 0 Å². The lowest BCUT2D eigenvalue weighted by Crippen LogP contribution is -2.39. The molecule has 2 aromatic rings. The number of ether oxygens (including phenoxy) is 1. The lowest BCUT2D eigenvalue weighted by Gasteiger charge is -2.32. The SMILES string of the molecule is COc1ccc(CCC2CCN(C(=O)c3c(C)nn(C)c3C)CC2)cc1. The molecule has 1 aliphatic rings. The number of nitrogens with zero attached hydrogens (tertiary/aromatic N) is 3. The first-order valence-electron chi connectivity index (χ1n) is 9.42. The van der Waals surface area contributed by atoms with Gasteiger partial charge in [-0.1, -0.05) is 12.1 Å². The van der Waals surface area contributed by atoms with Crippen molar-refractivity contribution in [2.45, 2.75) is 39.5 Å². The molecule has 3 rings (SSSR count). The van der Waals surface area contributed by atoms with Crippen molar-refractivity contribution in [3.63, 3.8) is 0 Å². The maximum atomic E-state index is 12.9. The van der Waals surface area contributed by atoms with Crippen LogP contribution < -0.4 is 4.74 Å². The van der Waals surface area contributed by atoms with E-state index in [1.807, 2.05) is 37.9 Å². The van der Waals surface area contributed by atoms with Crippen LogP contribution in [0.4, 0.5) is 0 Å². The van der Waals surface area contributed by atoms with Gasteiger partial charge in [0.1, 0.15) is 5.75 Å². The molecule has 0 N–H and O–H groups in total. The van der Waals surface area contributed by atoms with Crippen LogP contribution in [0.5, 0.6) is 5.75 Å². The number of carbonyl (C=O) groups is 1. The molecule has 0 spiro atoms. The fourth-order valence-corrected chi connectivity index (χ4v) is 3.83. The molecule has 5 nitrogen and oxygen atoms in total. The van der Waals surface area contributed by atoms with Crippen LogP contribution in [0.2, 0.25) is 0 Å². The largest absolute Gasteiger partial charge is 0.497 e. The van der Waals surface area contributed by atoms with E-state index in [2.05, 4.69) is 17.2 Å². The van der Waals surface area contributed by atoms with Gasteiger partial charge < -0.3 is 9.64 Å². The molecule has 1 aromatic carbocycles. The Morgan fingerprint density at radius 1 is 1.19 bits per heavy atom. The summed E-state index contributed by atoms with van der Waals surface area (Å²) in [7, 11) is 3.59. The van der Waals surface area contributed by atoms with Gasteiger partial charge in [0, 0.05) is 25.8 Å². The average molecular weight is 355 g/mol. The minimum Gasteiger partial charge on any atom is -0.497 e. The van der Waals surface area contributed by atoms with Gasteiger partial charge in [-0.3, -0.25) is 9.48 Å². The third-order valence-electron chi connectivity index (χ3n) is 5.62. The fourth-order valence-electron chi connectivity index (χ4n) is 3.83. The van der Waals surface area contributed by atoms with Gasteiger partial charge in [-0.2, -0.15) is 5.10 Å². The Bertz CT molecular complexity index is 756. The minimum atomic E-state index is 0.140. The van der Waals surface area contributed by atoms with E-state index in [1.165, 1.54) is 12.0 Å². The van der Waals surface area contributed by atoms with Crippen molar-refractivity contribution in [3.8, 4) is 5.75 Å². The van der Waals surface area contributed by atoms with Crippen molar-refractivity contribution in [1.82, 2.24) is 14.7 Å². The monoisotopic (exact) mass is 355 g/mol. The van der Waals surface area contributed by atoms with Gasteiger partial charge in [-0.25, -0.2) is 0 Å². The quantitative estimate of drug-likeness (QED) is 0.824. The molecule has 5 heteroatoms. The first-order chi connectivity index (χ1) is 12.5. The Labute approximate surface area is 156 Å². The van der Waals surface area contributed by atoms with E-state index < -0.39 is 0 Å². The summed E-state index contributed by atoms with van der Waals surface area (Å²) in [6.07, 6.45) is 4.43. The summed E-state index contributed by atoms with van der Waals surface area (Å²) in [4.78, 5) is 14.9. The zero-order valence-corrected chi connectivity index (χ0v) is 16.3. The van der Waals surface area contributed by atoms with E-state index >= 15 is 0 Å². The van der Waals surface area contributed by atoms with Gasteiger partial charge in [0.15, 0.2) is 0 Å². The van der Waals surface area contributed by atoms with Crippen LogP contribution >= 0.6 is 0 Å². The van der Waals surface area contributed by atoms with Crippen molar-refractivity contribution in [1.29, 1.82) is 0 Å². The van der Waals surface area contributed by atoms with E-state index in [4.69, 9.17) is 4.74 Å². The maximum absolute atomic E-state index is 12.9. The molecule has 140 valence electrons. The molecule has 0 radical (unpaired) electrons. The Kier molecular flexibility index (Phi) is 5.64. The number of rotatable bonds is 5. The first kappa shape index (κ1) is 18.5. The van der Waals surface area contributed by atoms with Crippen LogP contribution in [0.25, 0.3) is 0 Å². The highest BCUT2D eigenvalue weighted by atomic mass is 16.5. The lowest BCUT2D eigenvalue weighted by molar-refractivity contribution is 0.0685. The van der Waals surface area contributed by atoms with Crippen LogP contribution in [0, 0.1) is 19.8 Å². The van der Waals surface area contributed by atoms with Crippen molar-refractivity contribution in [3.05, 3.63) is 46.8 Å². The highest BCUT2D eigenvalue weighted by molar-refractivity contribution is 5.96. The van der Waals surface area contributed by atoms with Crippen molar-refractivity contribution in [2.24, 2.45) is 13.0 Å². The zero-order chi connectivity index (χ0) is 18.7. The lowest BCUT2D eigenvalue weighted by atomic mass is 9.90. The summed E-state index contributed by atoms with van der Waals surface area (Å²) in [5, 5.41) is 4.38. The van der Waals surface area contributed by atoms with E-state index in [0.717, 1.165) is 55.1 Å². The molecule has 0 bridgehead atoms. The number of amides is 1. The van der Waals surface area contributed by atoms with Crippen LogP contribution in [-0.2, 0) is 13.5 Å². The van der Waals surface area contributed by atoms with Crippen molar-refractivity contribution >= 4 is 5.91 Å². The average Bonchev–Trinajstić information content (AvgIpc) is 2.92. The molecule has 2 heterocycles. The van der Waals surface area contributed by atoms with E-state index in [1.54, 1.807) is 11.8 Å². The second-order valence-electron chi connectivity index (χ2n) is 7.29. The van der Waals surface area contributed by atoms with Crippen LogP contribution in [0.15, 0.2) is 24.3 Å². The summed E-state index contributed by atoms with van der Waals surface area (Å²) in [5.74, 6) is 1.74. The smallest absolute Gasteiger partial charge is 0.257 e. The molecule has 0 unspecified atom stereocenters. The van der Waals surface area contributed by atoms with Crippen molar-refractivity contribution < 1.29 is 9.53 Å². The highest BCUT2D eigenvalue weighted by Gasteiger charge is 2.27. The van der Waals surface area contributed by atoms with E-state index in [-0.39, 0.29) is 5.91 Å². The number of carbonyl (C=O) groups excluding carboxylic acids is 1. The molecule has 1 saturated heterocycles. The second kappa shape index (κ2) is 7.94. The number of aryl methyl sites for hydroxylation is 3. The van der Waals surface area contributed by atoms with Gasteiger partial charge in [0.25, 0.3) is 5.91 Å². The second-order valence-corrected chi connectivity index (χ2v) is 7.29. The third kappa shape index (κ3) is 3.92. The molecule has 0 aliphatic carbocycles. The number of hydrogen-bond acceptors (Lipinski definition) is 3. The normalized spacial score (nSPS) is 15.3. The predicted octanol–water partition coefficient (Wildman–Crippen LogP) is 3.53. The summed E-state index contributed by atoms with van der Waals surface area (Å²) in [6.45, 7) is 5.58. The van der Waals surface area contributed by atoms with Crippen LogP contribution in [-0.4, -0.2) is 40.8 Å². The summed E-state index contributed by atoms with van der Waals surface area (Å²) >= 11 is 0. The molecule has 1 aliphatic heterocycles. The molecule has 26 heavy (non-hydrogen) atoms. The maximum Gasteiger partial charge on any atom is 0.257 e. The van der Waals surface area contributed by atoms with Gasteiger partial charge in [-0.05, 0) is 63.1 Å². The molecule has 1 amide bonds. The van der Waals surface area contributed by atoms with Crippen LogP contribution in [0.1, 0.15) is 46.6 Å². The Hall–Kier alpha value is -2.30. The number of aromatic nitrogens is 2. The number of hydrogen-bond donors (Lipinski definition) is 0. The molecule has 1 aromatic heterocycles. The molecule has 1 fully saturated rings. The highest BCUT2D eigenvalue weighted by Crippen LogP contribution is 2.25. The topological polar surface area (TPSA) is 47.4 Å². The zero-order valence-electron chi connectivity index (χ0n) is 16.3. The number of benzene rings is 1. The molecule has 0 saturated carbocycles. The predicted molar refractivity (Wildman–Crippen MR) is 103 cm³/mol. The summed E-state index contributed by atoms with van der Waals surface area (Å²) in [5.41, 5.74) is 3.92. The Balaban J connectivity index is 1.51. The molecular formula is C21H29N3O2. The Morgan fingerprint density at radius 2 is 1.85 bits per heavy atom. The van der Waals surface area contributed by atoms with Crippen molar-refractivity contribution in [2.75, 3.05) is 20.2 Å². The first-order valence-corrected chi connectivity index (χ1v) is 9.42. The van der Waals surface area contributed by atoms with Gasteiger partial charge in [0.05, 0.1) is 18.4 Å². The number of methoxy groups -OCH3 is 1. The van der Waals surface area contributed by atoms with Gasteiger partial charge >= 0.3 is 0 Å². The molecular weight excluding hydrogens is 326 g/mol.